The van der Waals surface area contributed by atoms with Crippen molar-refractivity contribution >= 4 is 38.5 Å². The second-order valence-corrected chi connectivity index (χ2v) is 18.1. The Morgan fingerprint density at radius 1 is 0.333 bits per heavy atom. The zero-order chi connectivity index (χ0) is 70.0. The monoisotopic (exact) mass is 1360 g/mol. The number of pyridine rings is 2. The summed E-state index contributed by atoms with van der Waals surface area (Å²) in [5.41, 5.74) is 10.7. The number of aryl methyl sites for hydroxylation is 8. The molecule has 0 spiro atoms. The van der Waals surface area contributed by atoms with Crippen LogP contribution in [0.4, 0.5) is 0 Å². The molecule has 508 valence electrons. The fourth-order valence-electron chi connectivity index (χ4n) is 5.42. The summed E-state index contributed by atoms with van der Waals surface area (Å²) < 4.78 is 8.07. The van der Waals surface area contributed by atoms with Crippen molar-refractivity contribution in [3.8, 4) is 0 Å². The molecule has 0 fully saturated rings. The van der Waals surface area contributed by atoms with Gasteiger partial charge in [-0.1, -0.05) is 0 Å². The van der Waals surface area contributed by atoms with Crippen molar-refractivity contribution in [3.63, 3.8) is 0 Å². The summed E-state index contributed by atoms with van der Waals surface area (Å²) >= 11 is 0. The van der Waals surface area contributed by atoms with Crippen LogP contribution in [0, 0.1) is 117 Å². The van der Waals surface area contributed by atoms with Gasteiger partial charge in [0.2, 0.25) is 38.5 Å². The van der Waals surface area contributed by atoms with E-state index in [9.17, 15) is 28.8 Å². The first-order chi connectivity index (χ1) is 40.7. The van der Waals surface area contributed by atoms with Crippen LogP contribution in [-0.4, -0.2) is 222 Å². The second-order valence-electron chi connectivity index (χ2n) is 18.1. The van der Waals surface area contributed by atoms with Crippen LogP contribution in [-0.2, 0) is 61.8 Å². The van der Waals surface area contributed by atoms with Gasteiger partial charge < -0.3 is 90.7 Å². The standard InChI is InChI=1S/2C16H19N5.6C3H7NO.4NO3.2Ni/c2*1-11-9-13(3)20(18-11)16(15-5-7-17-8-6-15)21-14(4)10-12(2)19-21;6*1-4(2)3-5;4*2-1(3)4;;/h2*5-10,16H,1-4H3;6*3H,1-2H3;;;;;;/q;;;;;;;;4*-1;2*+2. The van der Waals surface area contributed by atoms with E-state index in [1.807, 2.05) is 70.7 Å². The molecule has 0 aromatic carbocycles. The smallest absolute Gasteiger partial charge is 0.356 e. The van der Waals surface area contributed by atoms with E-state index in [-0.39, 0.29) is 45.3 Å². The van der Waals surface area contributed by atoms with E-state index < -0.39 is 20.3 Å². The molecule has 6 heterocycles. The molecule has 0 aliphatic rings. The minimum absolute atomic E-state index is 0. The Hall–Kier alpha value is -10.3. The molecule has 90 heavy (non-hydrogen) atoms. The van der Waals surface area contributed by atoms with Gasteiger partial charge in [-0.25, -0.2) is 18.7 Å². The minimum Gasteiger partial charge on any atom is -0.356 e. The molecule has 6 amide bonds. The van der Waals surface area contributed by atoms with E-state index in [1.54, 1.807) is 109 Å². The Morgan fingerprint density at radius 2 is 0.456 bits per heavy atom. The fraction of sp³-hybridized carbons (Fsp3) is 0.440. The number of hydrogen-bond donors (Lipinski definition) is 0. The van der Waals surface area contributed by atoms with Gasteiger partial charge in [0.25, 0.3) is 0 Å². The minimum atomic E-state index is -1.75. The predicted molar refractivity (Wildman–Crippen MR) is 322 cm³/mol. The molecule has 0 N–H and O–H groups in total. The molecule has 0 aliphatic carbocycles. The molecule has 6 rings (SSSR count). The van der Waals surface area contributed by atoms with Crippen LogP contribution in [0.5, 0.6) is 0 Å². The number of amides is 6. The molecule has 0 radical (unpaired) electrons. The van der Waals surface area contributed by atoms with Gasteiger partial charge in [0.05, 0.1) is 43.1 Å². The Kier molecular flexibility index (Phi) is 60.4. The number of hydrogen-bond acceptors (Lipinski definition) is 24. The number of nitrogens with zero attached hydrogens (tertiary/aromatic N) is 20. The SMILES string of the molecule is CN(C)C=O.CN(C)C=O.CN(C)C=O.CN(C)C=O.CN(C)C=O.CN(C)C=O.Cc1cc(C)n(C(c2ccncc2)n2nc(C)cc2C)n1.Cc1cc(C)n(C(c2ccncc2)n2nc(C)cc2C)n1.O=[N+]([O-])[O-].O=[N+]([O-])[O-].O=[N+]([O-])[O-].O=[N+]([O-])[O-].[Ni+2].[Ni+2]. The zero-order valence-electron chi connectivity index (χ0n) is 53.5. The quantitative estimate of drug-likeness (QED) is 0.0735. The van der Waals surface area contributed by atoms with Gasteiger partial charge in [0, 0.05) is 143 Å². The third-order valence-electron chi connectivity index (χ3n) is 8.38. The Morgan fingerprint density at radius 3 is 0.544 bits per heavy atom. The second kappa shape index (κ2) is 56.5. The summed E-state index contributed by atoms with van der Waals surface area (Å²) in [7, 11) is 20.2. The molecule has 40 heteroatoms. The number of rotatable bonds is 12. The Labute approximate surface area is 540 Å². The molecular weight excluding hydrogens is 1290 g/mol. The number of aromatic nitrogens is 10. The van der Waals surface area contributed by atoms with Gasteiger partial charge in [-0.2, -0.15) is 20.4 Å². The normalized spacial score (nSPS) is 8.60. The molecule has 0 saturated heterocycles. The summed E-state index contributed by atoms with van der Waals surface area (Å²) in [6, 6.07) is 16.4. The van der Waals surface area contributed by atoms with Gasteiger partial charge in [-0.3, -0.25) is 38.7 Å². The van der Waals surface area contributed by atoms with Gasteiger partial charge in [-0.15, -0.1) is 0 Å². The first-order valence-corrected chi connectivity index (χ1v) is 24.6. The molecule has 6 aromatic heterocycles. The fourth-order valence-corrected chi connectivity index (χ4v) is 5.42. The van der Waals surface area contributed by atoms with Crippen LogP contribution < -0.4 is 0 Å². The van der Waals surface area contributed by atoms with Crippen molar-refractivity contribution in [1.82, 2.24) is 78.5 Å². The van der Waals surface area contributed by atoms with Crippen molar-refractivity contribution in [2.24, 2.45) is 0 Å². The third-order valence-corrected chi connectivity index (χ3v) is 8.38. The molecular formula is C50H80N20Ni2O18. The predicted octanol–water partition coefficient (Wildman–Crippen LogP) is 2.87. The average Bonchev–Trinajstić information content (AvgIpc) is 3.92. The molecule has 0 atom stereocenters. The first-order valence-electron chi connectivity index (χ1n) is 24.6. The van der Waals surface area contributed by atoms with E-state index in [1.165, 1.54) is 29.4 Å². The summed E-state index contributed by atoms with van der Waals surface area (Å²) in [5, 5.41) is 77.6. The van der Waals surface area contributed by atoms with Crippen molar-refractivity contribution in [2.75, 3.05) is 84.6 Å². The maximum Gasteiger partial charge on any atom is 2.00 e. The van der Waals surface area contributed by atoms with Crippen molar-refractivity contribution in [3.05, 3.63) is 191 Å². The molecule has 0 aliphatic heterocycles. The van der Waals surface area contributed by atoms with Gasteiger partial charge >= 0.3 is 33.0 Å². The van der Waals surface area contributed by atoms with Crippen LogP contribution in [0.2, 0.25) is 0 Å². The van der Waals surface area contributed by atoms with Crippen LogP contribution in [0.1, 0.15) is 69.0 Å². The molecule has 0 bridgehead atoms. The van der Waals surface area contributed by atoms with E-state index in [0.717, 1.165) is 95.1 Å². The van der Waals surface area contributed by atoms with Crippen LogP contribution in [0.3, 0.4) is 0 Å². The molecule has 38 nitrogen and oxygen atoms in total. The van der Waals surface area contributed by atoms with Crippen LogP contribution in [0.25, 0.3) is 0 Å². The van der Waals surface area contributed by atoms with Gasteiger partial charge in [0.15, 0.2) is 12.3 Å². The summed E-state index contributed by atoms with van der Waals surface area (Å²) in [6.45, 7) is 16.3. The average molecular weight is 1370 g/mol. The van der Waals surface area contributed by atoms with E-state index >= 15 is 0 Å². The summed E-state index contributed by atoms with van der Waals surface area (Å²) in [4.78, 5) is 106. The van der Waals surface area contributed by atoms with Crippen molar-refractivity contribution < 1.29 is 82.1 Å². The number of carbonyl (C=O) groups is 6. The van der Waals surface area contributed by atoms with Crippen molar-refractivity contribution in [2.45, 2.75) is 67.7 Å². The number of carbonyl (C=O) groups excluding carboxylic acids is 6. The maximum atomic E-state index is 9.43. The molecule has 0 saturated carbocycles. The Bertz CT molecular complexity index is 2510. The van der Waals surface area contributed by atoms with E-state index in [4.69, 9.17) is 61.3 Å². The maximum absolute atomic E-state index is 9.43. The topological polar surface area (TPSA) is 484 Å². The molecule has 6 aromatic rings. The summed E-state index contributed by atoms with van der Waals surface area (Å²) in [6.07, 6.45) is 11.5. The van der Waals surface area contributed by atoms with E-state index in [2.05, 4.69) is 82.3 Å². The first kappa shape index (κ1) is 96.1. The largest absolute Gasteiger partial charge is 2.00 e. The van der Waals surface area contributed by atoms with Crippen molar-refractivity contribution in [1.29, 1.82) is 0 Å². The van der Waals surface area contributed by atoms with Crippen LogP contribution in [0.15, 0.2) is 73.3 Å². The van der Waals surface area contributed by atoms with Gasteiger partial charge in [0.1, 0.15) is 0 Å². The molecule has 0 unspecified atom stereocenters. The van der Waals surface area contributed by atoms with Crippen LogP contribution >= 0.6 is 0 Å². The van der Waals surface area contributed by atoms with E-state index in [0.29, 0.717) is 0 Å². The zero-order valence-corrected chi connectivity index (χ0v) is 55.4. The van der Waals surface area contributed by atoms with Gasteiger partial charge in [-0.05, 0) is 104 Å². The summed E-state index contributed by atoms with van der Waals surface area (Å²) in [5.74, 6) is 0. The Balaban J connectivity index is -0.000000149. The third kappa shape index (κ3) is 56.9.